The molecule has 4 N–H and O–H groups in total. The van der Waals surface area contributed by atoms with Crippen LogP contribution in [0.2, 0.25) is 5.02 Å². The van der Waals surface area contributed by atoms with Gasteiger partial charge in [0.1, 0.15) is 0 Å². The van der Waals surface area contributed by atoms with Crippen LogP contribution in [0, 0.1) is 5.92 Å². The average Bonchev–Trinajstić information content (AvgIpc) is 2.93. The highest BCUT2D eigenvalue weighted by atomic mass is 35.5. The van der Waals surface area contributed by atoms with Crippen LogP contribution in [0.5, 0.6) is 0 Å². The highest BCUT2D eigenvalue weighted by Crippen LogP contribution is 2.21. The largest absolute Gasteiger partial charge is 0.338 e. The van der Waals surface area contributed by atoms with Gasteiger partial charge in [-0.05, 0) is 43.5 Å². The normalized spacial score (nSPS) is 19.5. The van der Waals surface area contributed by atoms with Crippen LogP contribution in [0.1, 0.15) is 18.9 Å². The minimum atomic E-state index is -0.365. The van der Waals surface area contributed by atoms with E-state index in [-0.39, 0.29) is 36.9 Å². The summed E-state index contributed by atoms with van der Waals surface area (Å²) in [7, 11) is 0. The zero-order chi connectivity index (χ0) is 16.8. The molecule has 0 bridgehead atoms. The van der Waals surface area contributed by atoms with Gasteiger partial charge in [-0.3, -0.25) is 4.79 Å². The van der Waals surface area contributed by atoms with E-state index in [2.05, 4.69) is 10.6 Å². The van der Waals surface area contributed by atoms with Gasteiger partial charge in [0.25, 0.3) is 0 Å². The zero-order valence-corrected chi connectivity index (χ0v) is 15.2. The molecule has 1 aromatic rings. The Morgan fingerprint density at radius 1 is 1.29 bits per heavy atom. The Morgan fingerprint density at radius 3 is 2.54 bits per heavy atom. The smallest absolute Gasteiger partial charge is 0.315 e. The van der Waals surface area contributed by atoms with Gasteiger partial charge in [-0.2, -0.15) is 0 Å². The molecule has 1 aliphatic rings. The van der Waals surface area contributed by atoms with Crippen molar-refractivity contribution in [3.05, 3.63) is 34.9 Å². The van der Waals surface area contributed by atoms with E-state index < -0.39 is 0 Å². The number of nitrogens with zero attached hydrogens (tertiary/aromatic N) is 1. The van der Waals surface area contributed by atoms with Gasteiger partial charge < -0.3 is 21.3 Å². The predicted octanol–water partition coefficient (Wildman–Crippen LogP) is 1.76. The first-order valence-electron chi connectivity index (χ1n) is 7.75. The van der Waals surface area contributed by atoms with Gasteiger partial charge in [-0.1, -0.05) is 23.7 Å². The molecule has 0 spiro atoms. The van der Waals surface area contributed by atoms with Crippen molar-refractivity contribution in [3.63, 3.8) is 0 Å². The van der Waals surface area contributed by atoms with Gasteiger partial charge in [0, 0.05) is 24.2 Å². The first-order valence-corrected chi connectivity index (χ1v) is 8.13. The standard InChI is InChI=1S/C16H23ClN4O2.ClH/c1-11-6-13(7-18)10-21(11)15(22)9-20-16(23)19-8-12-2-4-14(17)5-3-12;/h2-5,11,13H,6-10,18H2,1H3,(H2,19,20,23);1H. The third-order valence-corrected chi connectivity index (χ3v) is 4.33. The van der Waals surface area contributed by atoms with Crippen molar-refractivity contribution >= 4 is 35.9 Å². The van der Waals surface area contributed by atoms with Crippen LogP contribution in [0.3, 0.4) is 0 Å². The van der Waals surface area contributed by atoms with Gasteiger partial charge in [-0.15, -0.1) is 12.4 Å². The minimum absolute atomic E-state index is 0. The molecule has 1 aliphatic heterocycles. The number of carbonyl (C=O) groups excluding carboxylic acids is 2. The van der Waals surface area contributed by atoms with E-state index in [0.29, 0.717) is 30.6 Å². The summed E-state index contributed by atoms with van der Waals surface area (Å²) in [6.07, 6.45) is 0.922. The van der Waals surface area contributed by atoms with Crippen LogP contribution in [-0.2, 0) is 11.3 Å². The maximum Gasteiger partial charge on any atom is 0.315 e. The molecular weight excluding hydrogens is 351 g/mol. The second-order valence-corrected chi connectivity index (χ2v) is 6.33. The third-order valence-electron chi connectivity index (χ3n) is 4.08. The molecule has 2 rings (SSSR count). The molecule has 0 aliphatic carbocycles. The van der Waals surface area contributed by atoms with Crippen LogP contribution in [-0.4, -0.2) is 42.5 Å². The Balaban J connectivity index is 0.00000288. The Bertz CT molecular complexity index is 554. The molecule has 6 nitrogen and oxygen atoms in total. The van der Waals surface area contributed by atoms with Crippen molar-refractivity contribution in [3.8, 4) is 0 Å². The lowest BCUT2D eigenvalue weighted by atomic mass is 10.1. The maximum atomic E-state index is 12.2. The molecule has 1 heterocycles. The molecule has 8 heteroatoms. The first kappa shape index (κ1) is 20.5. The van der Waals surface area contributed by atoms with E-state index in [1.54, 1.807) is 17.0 Å². The van der Waals surface area contributed by atoms with Crippen LogP contribution in [0.4, 0.5) is 4.79 Å². The van der Waals surface area contributed by atoms with Crippen molar-refractivity contribution in [1.29, 1.82) is 0 Å². The number of hydrogen-bond donors (Lipinski definition) is 3. The molecular formula is C16H24Cl2N4O2. The summed E-state index contributed by atoms with van der Waals surface area (Å²) < 4.78 is 0. The number of rotatable bonds is 5. The van der Waals surface area contributed by atoms with Crippen LogP contribution < -0.4 is 16.4 Å². The molecule has 3 amide bonds. The van der Waals surface area contributed by atoms with Gasteiger partial charge in [-0.25, -0.2) is 4.79 Å². The molecule has 1 fully saturated rings. The summed E-state index contributed by atoms with van der Waals surface area (Å²) in [5.74, 6) is 0.280. The van der Waals surface area contributed by atoms with Gasteiger partial charge in [0.2, 0.25) is 5.91 Å². The lowest BCUT2D eigenvalue weighted by molar-refractivity contribution is -0.130. The van der Waals surface area contributed by atoms with E-state index in [0.717, 1.165) is 12.0 Å². The van der Waals surface area contributed by atoms with Crippen molar-refractivity contribution in [2.45, 2.75) is 25.9 Å². The van der Waals surface area contributed by atoms with Gasteiger partial charge in [0.05, 0.1) is 6.54 Å². The second kappa shape index (κ2) is 9.71. The zero-order valence-electron chi connectivity index (χ0n) is 13.6. The highest BCUT2D eigenvalue weighted by Gasteiger charge is 2.31. The lowest BCUT2D eigenvalue weighted by Crippen LogP contribution is -2.44. The Hall–Kier alpha value is -1.50. The number of carbonyl (C=O) groups is 2. The minimum Gasteiger partial charge on any atom is -0.338 e. The fraction of sp³-hybridized carbons (Fsp3) is 0.500. The molecule has 134 valence electrons. The van der Waals surface area contributed by atoms with E-state index in [9.17, 15) is 9.59 Å². The first-order chi connectivity index (χ1) is 11.0. The maximum absolute atomic E-state index is 12.2. The van der Waals surface area contributed by atoms with Crippen molar-refractivity contribution in [2.24, 2.45) is 11.7 Å². The van der Waals surface area contributed by atoms with Crippen LogP contribution in [0.25, 0.3) is 0 Å². The number of urea groups is 1. The molecule has 1 aromatic carbocycles. The Morgan fingerprint density at radius 2 is 1.96 bits per heavy atom. The van der Waals surface area contributed by atoms with Crippen molar-refractivity contribution < 1.29 is 9.59 Å². The summed E-state index contributed by atoms with van der Waals surface area (Å²) >= 11 is 5.80. The number of nitrogens with two attached hydrogens (primary N) is 1. The fourth-order valence-corrected chi connectivity index (χ4v) is 2.89. The summed E-state index contributed by atoms with van der Waals surface area (Å²) in [6.45, 7) is 3.64. The number of nitrogens with one attached hydrogen (secondary N) is 2. The SMILES string of the molecule is CC1CC(CN)CN1C(=O)CNC(=O)NCc1ccc(Cl)cc1.Cl. The molecule has 2 unspecified atom stereocenters. The Kier molecular flexibility index (Phi) is 8.31. The number of benzene rings is 1. The summed E-state index contributed by atoms with van der Waals surface area (Å²) in [4.78, 5) is 25.7. The van der Waals surface area contributed by atoms with Gasteiger partial charge >= 0.3 is 6.03 Å². The van der Waals surface area contributed by atoms with Crippen LogP contribution >= 0.6 is 24.0 Å². The molecule has 1 saturated heterocycles. The summed E-state index contributed by atoms with van der Waals surface area (Å²) in [5, 5.41) is 5.96. The quantitative estimate of drug-likeness (QED) is 0.733. The molecule has 2 atom stereocenters. The lowest BCUT2D eigenvalue weighted by Gasteiger charge is -2.21. The number of hydrogen-bond acceptors (Lipinski definition) is 3. The summed E-state index contributed by atoms with van der Waals surface area (Å²) in [6, 6.07) is 7.02. The third kappa shape index (κ3) is 5.85. The van der Waals surface area contributed by atoms with Crippen molar-refractivity contribution in [2.75, 3.05) is 19.6 Å². The summed E-state index contributed by atoms with van der Waals surface area (Å²) in [5.41, 5.74) is 6.60. The monoisotopic (exact) mass is 374 g/mol. The van der Waals surface area contributed by atoms with Crippen LogP contribution in [0.15, 0.2) is 24.3 Å². The van der Waals surface area contributed by atoms with E-state index in [1.807, 2.05) is 19.1 Å². The number of halogens is 2. The second-order valence-electron chi connectivity index (χ2n) is 5.90. The molecule has 24 heavy (non-hydrogen) atoms. The highest BCUT2D eigenvalue weighted by molar-refractivity contribution is 6.30. The fourth-order valence-electron chi connectivity index (χ4n) is 2.77. The topological polar surface area (TPSA) is 87.5 Å². The predicted molar refractivity (Wildman–Crippen MR) is 97.3 cm³/mol. The molecule has 0 aromatic heterocycles. The molecule has 0 saturated carbocycles. The van der Waals surface area contributed by atoms with Gasteiger partial charge in [0.15, 0.2) is 0 Å². The molecule has 0 radical (unpaired) electrons. The average molecular weight is 375 g/mol. The Labute approximate surface area is 153 Å². The number of likely N-dealkylation sites (tertiary alicyclic amines) is 1. The van der Waals surface area contributed by atoms with Crippen molar-refractivity contribution in [1.82, 2.24) is 15.5 Å². The number of amides is 3. The van der Waals surface area contributed by atoms with E-state index >= 15 is 0 Å². The van der Waals surface area contributed by atoms with E-state index in [4.69, 9.17) is 17.3 Å². The van der Waals surface area contributed by atoms with E-state index in [1.165, 1.54) is 0 Å².